The number of allylic oxidation sites excluding steroid dienone is 1. The summed E-state index contributed by atoms with van der Waals surface area (Å²) in [6.07, 6.45) is 10.4. The van der Waals surface area contributed by atoms with Crippen LogP contribution in [0.25, 0.3) is 139 Å². The van der Waals surface area contributed by atoms with Crippen molar-refractivity contribution in [3.05, 3.63) is 295 Å². The molecule has 82 heavy (non-hydrogen) atoms. The molecule has 7 nitrogen and oxygen atoms in total. The highest BCUT2D eigenvalue weighted by Gasteiger charge is 2.23. The van der Waals surface area contributed by atoms with Gasteiger partial charge in [-0.3, -0.25) is 9.13 Å². The molecule has 5 aromatic heterocycles. The van der Waals surface area contributed by atoms with Gasteiger partial charge in [0.15, 0.2) is 0 Å². The van der Waals surface area contributed by atoms with Crippen molar-refractivity contribution in [3.8, 4) is 56.4 Å². The second-order valence-electron chi connectivity index (χ2n) is 21.7. The van der Waals surface area contributed by atoms with Crippen molar-refractivity contribution in [2.45, 2.75) is 12.8 Å². The van der Waals surface area contributed by atoms with Gasteiger partial charge in [-0.1, -0.05) is 158 Å². The molecule has 0 N–H and O–H groups in total. The van der Waals surface area contributed by atoms with Crippen LogP contribution >= 0.6 is 0 Å². The lowest BCUT2D eigenvalue weighted by atomic mass is 10.0. The minimum Gasteiger partial charge on any atom is -0.309 e. The number of aromatic nitrogens is 6. The molecule has 0 unspecified atom stereocenters. The molecule has 0 atom stereocenters. The Hall–Kier alpha value is -10.9. The van der Waals surface area contributed by atoms with Crippen LogP contribution < -0.4 is 5.69 Å². The van der Waals surface area contributed by atoms with Gasteiger partial charge < -0.3 is 18.3 Å². The standard InChI is InChI=1S/C75H50N6O/c82-75-76(53-21-17-19-49(41-53)51-43-55(78-67-31-9-1-23-59(67)60-24-2-10-32-68(60)78)47-56(44-51)79-69-33-11-3-25-61(69)62-26-4-12-34-70(62)79)39-40-77(75)54-22-18-20-50(42-54)52-45-57(80-71-35-13-5-27-63(71)64-28-6-14-36-72(64)80)48-58(46-52)81-73-37-15-7-29-65(73)66-30-8-16-38-74(66)81/h1-7,9-29,31-48H,8,30H2. The normalized spacial score (nSPS) is 12.5. The Kier molecular flexibility index (Phi) is 10.2. The van der Waals surface area contributed by atoms with Crippen molar-refractivity contribution in [2.75, 3.05) is 0 Å². The average Bonchev–Trinajstić information content (AvgIpc) is 3.63. The van der Waals surface area contributed by atoms with Crippen molar-refractivity contribution in [1.29, 1.82) is 0 Å². The Labute approximate surface area is 471 Å². The summed E-state index contributed by atoms with van der Waals surface area (Å²) < 4.78 is 13.1. The predicted octanol–water partition coefficient (Wildman–Crippen LogP) is 18.2. The van der Waals surface area contributed by atoms with Gasteiger partial charge in [-0.2, -0.15) is 0 Å². The first kappa shape index (κ1) is 46.1. The minimum atomic E-state index is -0.156. The average molecular weight is 1050 g/mol. The molecule has 7 heteroatoms. The van der Waals surface area contributed by atoms with E-state index in [1.54, 1.807) is 9.13 Å². The van der Waals surface area contributed by atoms with Crippen molar-refractivity contribution in [3.63, 3.8) is 0 Å². The highest BCUT2D eigenvalue weighted by molar-refractivity contribution is 6.12. The molecular weight excluding hydrogens is 1000 g/mol. The van der Waals surface area contributed by atoms with Crippen LogP contribution in [0, 0.1) is 0 Å². The first-order chi connectivity index (χ1) is 40.6. The molecule has 1 aliphatic rings. The third-order valence-electron chi connectivity index (χ3n) is 17.1. The van der Waals surface area contributed by atoms with E-state index in [9.17, 15) is 0 Å². The number of nitrogens with zero attached hydrogens (tertiary/aromatic N) is 6. The number of hydrogen-bond donors (Lipinski definition) is 0. The zero-order valence-electron chi connectivity index (χ0n) is 44.6. The summed E-state index contributed by atoms with van der Waals surface area (Å²) in [4.78, 5) is 15.0. The molecule has 16 aromatic rings. The molecule has 0 radical (unpaired) electrons. The number of rotatable bonds is 8. The lowest BCUT2D eigenvalue weighted by Crippen LogP contribution is -2.21. The van der Waals surface area contributed by atoms with Gasteiger partial charge >= 0.3 is 5.69 Å². The Morgan fingerprint density at radius 3 is 0.976 bits per heavy atom. The van der Waals surface area contributed by atoms with E-state index in [0.29, 0.717) is 0 Å². The van der Waals surface area contributed by atoms with Crippen molar-refractivity contribution >= 4 is 82.4 Å². The third-order valence-corrected chi connectivity index (χ3v) is 17.1. The quantitative estimate of drug-likeness (QED) is 0.150. The summed E-state index contributed by atoms with van der Waals surface area (Å²) in [5.41, 5.74) is 20.4. The van der Waals surface area contributed by atoms with E-state index in [1.165, 1.54) is 54.5 Å². The van der Waals surface area contributed by atoms with Crippen molar-refractivity contribution < 1.29 is 0 Å². The van der Waals surface area contributed by atoms with Crippen molar-refractivity contribution in [1.82, 2.24) is 27.4 Å². The van der Waals surface area contributed by atoms with Gasteiger partial charge in [-0.05, 0) is 150 Å². The number of benzene rings is 11. The molecule has 5 heterocycles. The molecule has 17 rings (SSSR count). The summed E-state index contributed by atoms with van der Waals surface area (Å²) in [6, 6.07) is 91.5. The number of imidazole rings is 1. The van der Waals surface area contributed by atoms with Crippen LogP contribution in [-0.4, -0.2) is 27.4 Å². The topological polar surface area (TPSA) is 46.6 Å². The van der Waals surface area contributed by atoms with Gasteiger partial charge in [0.1, 0.15) is 0 Å². The van der Waals surface area contributed by atoms with Crippen LogP contribution in [0.4, 0.5) is 0 Å². The number of para-hydroxylation sites is 7. The largest absolute Gasteiger partial charge is 0.337 e. The predicted molar refractivity (Wildman–Crippen MR) is 339 cm³/mol. The molecule has 0 saturated carbocycles. The van der Waals surface area contributed by atoms with Gasteiger partial charge in [0.05, 0.1) is 50.0 Å². The molecule has 386 valence electrons. The lowest BCUT2D eigenvalue weighted by molar-refractivity contribution is 0.909. The molecule has 0 bridgehead atoms. The van der Waals surface area contributed by atoms with Crippen LogP contribution in [-0.2, 0) is 6.42 Å². The molecule has 0 aliphatic heterocycles. The zero-order chi connectivity index (χ0) is 54.0. The van der Waals surface area contributed by atoms with E-state index < -0.39 is 0 Å². The van der Waals surface area contributed by atoms with Gasteiger partial charge in [0, 0.05) is 78.5 Å². The third kappa shape index (κ3) is 6.99. The Morgan fingerprint density at radius 1 is 0.280 bits per heavy atom. The number of hydrogen-bond acceptors (Lipinski definition) is 1. The lowest BCUT2D eigenvalue weighted by Gasteiger charge is -2.17. The van der Waals surface area contributed by atoms with Crippen LogP contribution in [0.1, 0.15) is 17.7 Å². The van der Waals surface area contributed by atoms with E-state index in [0.717, 1.165) is 102 Å². The molecule has 0 spiro atoms. The molecule has 11 aromatic carbocycles. The molecule has 0 saturated heterocycles. The van der Waals surface area contributed by atoms with E-state index in [-0.39, 0.29) is 5.69 Å². The summed E-state index contributed by atoms with van der Waals surface area (Å²) in [6.45, 7) is 0. The van der Waals surface area contributed by atoms with E-state index >= 15 is 4.79 Å². The van der Waals surface area contributed by atoms with E-state index in [2.05, 4.69) is 273 Å². The Morgan fingerprint density at radius 2 is 0.598 bits per heavy atom. The Balaban J connectivity index is 0.803. The summed E-state index contributed by atoms with van der Waals surface area (Å²) in [5, 5.41) is 8.54. The fourth-order valence-electron chi connectivity index (χ4n) is 13.5. The van der Waals surface area contributed by atoms with Crippen LogP contribution in [0.3, 0.4) is 0 Å². The molecule has 0 amide bonds. The second kappa shape index (κ2) is 18.1. The fraction of sp³-hybridized carbons (Fsp3) is 0.0267. The molecular formula is C75H50N6O. The Bertz CT molecular complexity index is 5100. The highest BCUT2D eigenvalue weighted by Crippen LogP contribution is 2.41. The number of aryl methyl sites for hydroxylation is 1. The summed E-state index contributed by atoms with van der Waals surface area (Å²) in [7, 11) is 0. The fourth-order valence-corrected chi connectivity index (χ4v) is 13.5. The first-order valence-electron chi connectivity index (χ1n) is 28.2. The molecule has 1 aliphatic carbocycles. The van der Waals surface area contributed by atoms with Gasteiger partial charge in [-0.15, -0.1) is 0 Å². The molecule has 0 fully saturated rings. The summed E-state index contributed by atoms with van der Waals surface area (Å²) in [5.74, 6) is 0. The number of fused-ring (bicyclic) bond motifs is 12. The van der Waals surface area contributed by atoms with E-state index in [1.807, 2.05) is 24.5 Å². The van der Waals surface area contributed by atoms with Crippen molar-refractivity contribution in [2.24, 2.45) is 0 Å². The monoisotopic (exact) mass is 1050 g/mol. The van der Waals surface area contributed by atoms with E-state index in [4.69, 9.17) is 0 Å². The minimum absolute atomic E-state index is 0.156. The van der Waals surface area contributed by atoms with Gasteiger partial charge in [0.2, 0.25) is 0 Å². The highest BCUT2D eigenvalue weighted by atomic mass is 16.1. The first-order valence-corrected chi connectivity index (χ1v) is 28.2. The zero-order valence-corrected chi connectivity index (χ0v) is 44.6. The van der Waals surface area contributed by atoms with Gasteiger partial charge in [0.25, 0.3) is 0 Å². The van der Waals surface area contributed by atoms with Crippen LogP contribution in [0.5, 0.6) is 0 Å². The summed E-state index contributed by atoms with van der Waals surface area (Å²) >= 11 is 0. The van der Waals surface area contributed by atoms with Crippen LogP contribution in [0.2, 0.25) is 0 Å². The smallest absolute Gasteiger partial charge is 0.309 e. The second-order valence-corrected chi connectivity index (χ2v) is 21.7. The maximum Gasteiger partial charge on any atom is 0.337 e. The maximum absolute atomic E-state index is 15.0. The van der Waals surface area contributed by atoms with Crippen LogP contribution in [0.15, 0.2) is 278 Å². The van der Waals surface area contributed by atoms with Gasteiger partial charge in [-0.25, -0.2) is 4.79 Å². The SMILES string of the molecule is O=c1n(-c2cccc(-c3cc(-n4c5c(c6ccccc64)CCC=C5)cc(-n4c5ccccc5c5ccccc54)c3)c2)ccn1-c1cccc(-c2cc(-n3c4ccccc4c4ccccc43)cc(-n3c4ccccc4c4ccccc43)c2)c1. The maximum atomic E-state index is 15.0.